The summed E-state index contributed by atoms with van der Waals surface area (Å²) in [5.74, 6) is 0.140. The number of aliphatic hydroxyl groups excluding tert-OH is 1. The average Bonchev–Trinajstić information content (AvgIpc) is 2.86. The van der Waals surface area contributed by atoms with Gasteiger partial charge >= 0.3 is 6.18 Å². The Kier molecular flexibility index (Phi) is 4.30. The number of aliphatic hydroxyl groups is 1. The molecule has 0 aliphatic rings. The number of hydrogen-bond donors (Lipinski definition) is 1. The normalized spacial score (nSPS) is 13.7. The molecule has 1 heterocycles. The molecule has 114 valence electrons. The molecule has 2 aromatic rings. The molecule has 0 saturated heterocycles. The van der Waals surface area contributed by atoms with Crippen molar-refractivity contribution in [1.29, 1.82) is 0 Å². The molecule has 21 heavy (non-hydrogen) atoms. The van der Waals surface area contributed by atoms with Gasteiger partial charge in [0.25, 0.3) is 0 Å². The standard InChI is InChI=1S/C14H14ClF3N2O/c1-8(2)11-5-6-20(19-11)12-7-9(15)3-4-10(12)13(21)14(16,17)18/h3-8,13,21H,1-2H3/t13-/m1/s1. The summed E-state index contributed by atoms with van der Waals surface area (Å²) in [7, 11) is 0. The smallest absolute Gasteiger partial charge is 0.379 e. The van der Waals surface area contributed by atoms with Crippen LogP contribution < -0.4 is 0 Å². The highest BCUT2D eigenvalue weighted by Gasteiger charge is 2.40. The fraction of sp³-hybridized carbons (Fsp3) is 0.357. The molecule has 0 saturated carbocycles. The second-order valence-electron chi connectivity index (χ2n) is 4.99. The van der Waals surface area contributed by atoms with Gasteiger partial charge in [-0.15, -0.1) is 0 Å². The van der Waals surface area contributed by atoms with Gasteiger partial charge in [-0.05, 0) is 24.1 Å². The summed E-state index contributed by atoms with van der Waals surface area (Å²) < 4.78 is 39.6. The van der Waals surface area contributed by atoms with Gasteiger partial charge in [-0.2, -0.15) is 18.3 Å². The third-order valence-electron chi connectivity index (χ3n) is 3.05. The lowest BCUT2D eigenvalue weighted by molar-refractivity contribution is -0.206. The van der Waals surface area contributed by atoms with Crippen LogP contribution in [0.1, 0.15) is 37.1 Å². The van der Waals surface area contributed by atoms with Gasteiger partial charge in [-0.25, -0.2) is 4.68 Å². The fourth-order valence-electron chi connectivity index (χ4n) is 1.90. The molecule has 0 spiro atoms. The van der Waals surface area contributed by atoms with E-state index in [1.807, 2.05) is 13.8 Å². The predicted octanol–water partition coefficient (Wildman–Crippen LogP) is 4.24. The third kappa shape index (κ3) is 3.39. The molecule has 0 aliphatic carbocycles. The van der Waals surface area contributed by atoms with Crippen molar-refractivity contribution < 1.29 is 18.3 Å². The molecule has 1 atom stereocenters. The Hall–Kier alpha value is -1.53. The molecule has 3 nitrogen and oxygen atoms in total. The van der Waals surface area contributed by atoms with Crippen LogP contribution in [0.15, 0.2) is 30.5 Å². The molecule has 1 aromatic heterocycles. The van der Waals surface area contributed by atoms with Crippen molar-refractivity contribution in [3.8, 4) is 5.69 Å². The van der Waals surface area contributed by atoms with Crippen LogP contribution in [0.4, 0.5) is 13.2 Å². The molecular weight excluding hydrogens is 305 g/mol. The summed E-state index contributed by atoms with van der Waals surface area (Å²) in [4.78, 5) is 0. The van der Waals surface area contributed by atoms with Crippen molar-refractivity contribution in [1.82, 2.24) is 9.78 Å². The minimum absolute atomic E-state index is 0.110. The lowest BCUT2D eigenvalue weighted by Gasteiger charge is -2.18. The van der Waals surface area contributed by atoms with Crippen molar-refractivity contribution >= 4 is 11.6 Å². The third-order valence-corrected chi connectivity index (χ3v) is 3.28. The van der Waals surface area contributed by atoms with Gasteiger partial charge in [0, 0.05) is 16.8 Å². The number of benzene rings is 1. The van der Waals surface area contributed by atoms with Crippen LogP contribution in [0.3, 0.4) is 0 Å². The van der Waals surface area contributed by atoms with Gasteiger partial charge in [-0.1, -0.05) is 31.5 Å². The molecule has 1 N–H and O–H groups in total. The van der Waals surface area contributed by atoms with Gasteiger partial charge in [0.05, 0.1) is 11.4 Å². The molecule has 1 aromatic carbocycles. The summed E-state index contributed by atoms with van der Waals surface area (Å²) in [5.41, 5.74) is 0.562. The van der Waals surface area contributed by atoms with Crippen molar-refractivity contribution in [2.45, 2.75) is 32.0 Å². The van der Waals surface area contributed by atoms with E-state index in [0.717, 1.165) is 11.8 Å². The quantitative estimate of drug-likeness (QED) is 0.919. The largest absolute Gasteiger partial charge is 0.418 e. The Bertz CT molecular complexity index is 637. The first-order chi connectivity index (χ1) is 9.70. The zero-order chi connectivity index (χ0) is 15.8. The molecular formula is C14H14ClF3N2O. The van der Waals surface area contributed by atoms with E-state index in [0.29, 0.717) is 0 Å². The first-order valence-electron chi connectivity index (χ1n) is 6.30. The molecule has 0 amide bonds. The van der Waals surface area contributed by atoms with E-state index >= 15 is 0 Å². The second-order valence-corrected chi connectivity index (χ2v) is 5.42. The van der Waals surface area contributed by atoms with Crippen LogP contribution in [0.2, 0.25) is 5.02 Å². The first-order valence-corrected chi connectivity index (χ1v) is 6.68. The van der Waals surface area contributed by atoms with Gasteiger partial charge < -0.3 is 5.11 Å². The topological polar surface area (TPSA) is 38.0 Å². The Morgan fingerprint density at radius 1 is 1.24 bits per heavy atom. The summed E-state index contributed by atoms with van der Waals surface area (Å²) in [5, 5.41) is 14.0. The Morgan fingerprint density at radius 2 is 1.90 bits per heavy atom. The van der Waals surface area contributed by atoms with E-state index in [1.165, 1.54) is 16.8 Å². The van der Waals surface area contributed by atoms with Gasteiger partial charge in [-0.3, -0.25) is 0 Å². The molecule has 0 unspecified atom stereocenters. The maximum atomic E-state index is 12.8. The van der Waals surface area contributed by atoms with Gasteiger partial charge in [0.2, 0.25) is 0 Å². The highest BCUT2D eigenvalue weighted by molar-refractivity contribution is 6.30. The van der Waals surface area contributed by atoms with E-state index in [-0.39, 0.29) is 22.2 Å². The SMILES string of the molecule is CC(C)c1ccn(-c2cc(Cl)ccc2[C@@H](O)C(F)(F)F)n1. The monoisotopic (exact) mass is 318 g/mol. The lowest BCUT2D eigenvalue weighted by Crippen LogP contribution is -2.22. The number of hydrogen-bond acceptors (Lipinski definition) is 2. The Morgan fingerprint density at radius 3 is 2.43 bits per heavy atom. The number of nitrogens with zero attached hydrogens (tertiary/aromatic N) is 2. The molecule has 2 rings (SSSR count). The molecule has 0 radical (unpaired) electrons. The van der Waals surface area contributed by atoms with Crippen LogP contribution in [0, 0.1) is 0 Å². The zero-order valence-electron chi connectivity index (χ0n) is 11.4. The predicted molar refractivity (Wildman–Crippen MR) is 73.7 cm³/mol. The summed E-state index contributed by atoms with van der Waals surface area (Å²) in [6, 6.07) is 5.53. The molecule has 0 bridgehead atoms. The average molecular weight is 319 g/mol. The van der Waals surface area contributed by atoms with Crippen LogP contribution >= 0.6 is 11.6 Å². The second kappa shape index (κ2) is 5.69. The van der Waals surface area contributed by atoms with Crippen LogP contribution in [-0.4, -0.2) is 21.1 Å². The molecule has 0 aliphatic heterocycles. The number of aromatic nitrogens is 2. The summed E-state index contributed by atoms with van der Waals surface area (Å²) >= 11 is 5.85. The number of alkyl halides is 3. The van der Waals surface area contributed by atoms with E-state index in [4.69, 9.17) is 11.6 Å². The van der Waals surface area contributed by atoms with E-state index in [9.17, 15) is 18.3 Å². The maximum Gasteiger partial charge on any atom is 0.418 e. The summed E-state index contributed by atoms with van der Waals surface area (Å²) in [6.45, 7) is 3.85. The van der Waals surface area contributed by atoms with Crippen molar-refractivity contribution in [2.24, 2.45) is 0 Å². The van der Waals surface area contributed by atoms with Crippen molar-refractivity contribution in [3.05, 3.63) is 46.7 Å². The lowest BCUT2D eigenvalue weighted by atomic mass is 10.1. The number of rotatable bonds is 3. The molecule has 0 fully saturated rings. The zero-order valence-corrected chi connectivity index (χ0v) is 12.2. The molecule has 7 heteroatoms. The van der Waals surface area contributed by atoms with Crippen molar-refractivity contribution in [3.63, 3.8) is 0 Å². The highest BCUT2D eigenvalue weighted by Crippen LogP contribution is 2.36. The van der Waals surface area contributed by atoms with E-state index in [2.05, 4.69) is 5.10 Å². The van der Waals surface area contributed by atoms with Crippen LogP contribution in [0.5, 0.6) is 0 Å². The van der Waals surface area contributed by atoms with Gasteiger partial charge in [0.15, 0.2) is 6.10 Å². The van der Waals surface area contributed by atoms with Gasteiger partial charge in [0.1, 0.15) is 0 Å². The number of halogens is 4. The Balaban J connectivity index is 2.53. The van der Waals surface area contributed by atoms with E-state index < -0.39 is 12.3 Å². The van der Waals surface area contributed by atoms with E-state index in [1.54, 1.807) is 12.3 Å². The van der Waals surface area contributed by atoms with Crippen molar-refractivity contribution in [2.75, 3.05) is 0 Å². The summed E-state index contributed by atoms with van der Waals surface area (Å²) in [6.07, 6.45) is -5.79. The Labute approximate surface area is 125 Å². The first kappa shape index (κ1) is 15.9. The van der Waals surface area contributed by atoms with Crippen LogP contribution in [-0.2, 0) is 0 Å². The minimum Gasteiger partial charge on any atom is -0.379 e. The maximum absolute atomic E-state index is 12.8. The highest BCUT2D eigenvalue weighted by atomic mass is 35.5. The van der Waals surface area contributed by atoms with Crippen LogP contribution in [0.25, 0.3) is 5.69 Å². The fourth-order valence-corrected chi connectivity index (χ4v) is 2.07. The minimum atomic E-state index is -4.75.